The number of hydrogen-bond acceptors (Lipinski definition) is 2. The van der Waals surface area contributed by atoms with Gasteiger partial charge in [0.15, 0.2) is 0 Å². The summed E-state index contributed by atoms with van der Waals surface area (Å²) in [4.78, 5) is 0. The fourth-order valence-electron chi connectivity index (χ4n) is 3.31. The molecule has 1 aromatic carbocycles. The van der Waals surface area contributed by atoms with Crippen molar-refractivity contribution < 1.29 is 0 Å². The summed E-state index contributed by atoms with van der Waals surface area (Å²) >= 11 is 2.12. The van der Waals surface area contributed by atoms with Gasteiger partial charge >= 0.3 is 0 Å². The number of aromatic nitrogens is 1. The van der Waals surface area contributed by atoms with Crippen LogP contribution in [0, 0.1) is 6.92 Å². The lowest BCUT2D eigenvalue weighted by atomic mass is 10.1. The number of benzene rings is 1. The van der Waals surface area contributed by atoms with Crippen LogP contribution in [0.5, 0.6) is 0 Å². The maximum Gasteiger partial charge on any atom is 0.0483 e. The highest BCUT2D eigenvalue weighted by Crippen LogP contribution is 2.37. The first-order valence-corrected chi connectivity index (χ1v) is 8.47. The number of para-hydroxylation sites is 1. The van der Waals surface area contributed by atoms with E-state index in [-0.39, 0.29) is 0 Å². The third-order valence-corrected chi connectivity index (χ3v) is 6.14. The smallest absolute Gasteiger partial charge is 0.0483 e. The van der Waals surface area contributed by atoms with Gasteiger partial charge < -0.3 is 9.88 Å². The molecule has 3 heteroatoms. The first-order chi connectivity index (χ1) is 9.61. The van der Waals surface area contributed by atoms with E-state index in [1.807, 2.05) is 0 Å². The fourth-order valence-corrected chi connectivity index (χ4v) is 4.58. The van der Waals surface area contributed by atoms with E-state index in [0.717, 1.165) is 13.1 Å². The van der Waals surface area contributed by atoms with E-state index in [1.165, 1.54) is 40.8 Å². The normalized spacial score (nSPS) is 22.8. The van der Waals surface area contributed by atoms with Crippen LogP contribution in [0.1, 0.15) is 31.0 Å². The van der Waals surface area contributed by atoms with Crippen LogP contribution in [0.25, 0.3) is 10.9 Å². The average molecular weight is 288 g/mol. The summed E-state index contributed by atoms with van der Waals surface area (Å²) in [6.07, 6.45) is 2.72. The topological polar surface area (TPSA) is 17.0 Å². The molecule has 2 aromatic rings. The Labute approximate surface area is 125 Å². The standard InChI is InChI=1S/C17H24N2S/c1-13-14-7-4-5-8-15(14)19(3)16(13)11-18-12-17(2)9-6-10-20-17/h4-5,7-8,18H,6,9-12H2,1-3H3. The van der Waals surface area contributed by atoms with E-state index in [1.54, 1.807) is 0 Å². The molecule has 108 valence electrons. The zero-order chi connectivity index (χ0) is 14.2. The summed E-state index contributed by atoms with van der Waals surface area (Å²) in [5, 5.41) is 5.07. The zero-order valence-electron chi connectivity index (χ0n) is 12.7. The predicted octanol–water partition coefficient (Wildman–Crippen LogP) is 3.86. The largest absolute Gasteiger partial charge is 0.346 e. The Morgan fingerprint density at radius 2 is 2.15 bits per heavy atom. The molecular formula is C17H24N2S. The van der Waals surface area contributed by atoms with Gasteiger partial charge in [-0.2, -0.15) is 11.8 Å². The van der Waals surface area contributed by atoms with Crippen LogP contribution in [0.15, 0.2) is 24.3 Å². The van der Waals surface area contributed by atoms with Crippen LogP contribution in [0.2, 0.25) is 0 Å². The number of fused-ring (bicyclic) bond motifs is 1. The van der Waals surface area contributed by atoms with E-state index in [0.29, 0.717) is 4.75 Å². The third kappa shape index (κ3) is 2.49. The maximum absolute atomic E-state index is 3.69. The molecule has 1 aliphatic rings. The van der Waals surface area contributed by atoms with Gasteiger partial charge in [-0.05, 0) is 44.1 Å². The molecular weight excluding hydrogens is 264 g/mol. The molecule has 1 atom stereocenters. The average Bonchev–Trinajstić information content (AvgIpc) is 2.98. The number of thioether (sulfide) groups is 1. The second-order valence-corrected chi connectivity index (χ2v) is 7.84. The van der Waals surface area contributed by atoms with E-state index >= 15 is 0 Å². The van der Waals surface area contributed by atoms with Crippen LogP contribution >= 0.6 is 11.8 Å². The van der Waals surface area contributed by atoms with Gasteiger partial charge in [-0.25, -0.2) is 0 Å². The van der Waals surface area contributed by atoms with Crippen LogP contribution in [-0.2, 0) is 13.6 Å². The molecule has 0 aliphatic carbocycles. The summed E-state index contributed by atoms with van der Waals surface area (Å²) in [7, 11) is 2.18. The molecule has 0 amide bonds. The second kappa shape index (κ2) is 5.45. The monoisotopic (exact) mass is 288 g/mol. The molecule has 2 heterocycles. The Morgan fingerprint density at radius 1 is 1.35 bits per heavy atom. The molecule has 1 saturated heterocycles. The summed E-state index contributed by atoms with van der Waals surface area (Å²) in [6.45, 7) is 6.71. The SMILES string of the molecule is Cc1c(CNCC2(C)CCCS2)n(C)c2ccccc12. The molecule has 1 unspecified atom stereocenters. The molecule has 0 saturated carbocycles. The Kier molecular flexibility index (Phi) is 3.83. The molecule has 20 heavy (non-hydrogen) atoms. The van der Waals surface area contributed by atoms with Crippen molar-refractivity contribution in [2.75, 3.05) is 12.3 Å². The van der Waals surface area contributed by atoms with Crippen LogP contribution < -0.4 is 5.32 Å². The molecule has 0 spiro atoms. The lowest BCUT2D eigenvalue weighted by molar-refractivity contribution is 0.529. The molecule has 1 aliphatic heterocycles. The molecule has 0 radical (unpaired) electrons. The molecule has 1 aromatic heterocycles. The van der Waals surface area contributed by atoms with Crippen LogP contribution in [-0.4, -0.2) is 21.6 Å². The first-order valence-electron chi connectivity index (χ1n) is 7.48. The first kappa shape index (κ1) is 14.0. The summed E-state index contributed by atoms with van der Waals surface area (Å²) in [5.74, 6) is 1.32. The zero-order valence-corrected chi connectivity index (χ0v) is 13.5. The second-order valence-electron chi connectivity index (χ2n) is 6.15. The van der Waals surface area contributed by atoms with Gasteiger partial charge in [0.1, 0.15) is 0 Å². The number of nitrogens with zero attached hydrogens (tertiary/aromatic N) is 1. The maximum atomic E-state index is 3.69. The van der Waals surface area contributed by atoms with Gasteiger partial charge in [0.2, 0.25) is 0 Å². The molecule has 1 N–H and O–H groups in total. The number of rotatable bonds is 4. The van der Waals surface area contributed by atoms with Gasteiger partial charge in [0.25, 0.3) is 0 Å². The lowest BCUT2D eigenvalue weighted by Gasteiger charge is -2.23. The summed E-state index contributed by atoms with van der Waals surface area (Å²) < 4.78 is 2.78. The predicted molar refractivity (Wildman–Crippen MR) is 89.5 cm³/mol. The highest BCUT2D eigenvalue weighted by Gasteiger charge is 2.28. The van der Waals surface area contributed by atoms with Gasteiger partial charge in [0, 0.05) is 41.5 Å². The molecule has 1 fully saturated rings. The molecule has 3 rings (SSSR count). The van der Waals surface area contributed by atoms with Crippen LogP contribution in [0.4, 0.5) is 0 Å². The van der Waals surface area contributed by atoms with Crippen molar-refractivity contribution in [3.8, 4) is 0 Å². The van der Waals surface area contributed by atoms with Crippen molar-refractivity contribution in [3.05, 3.63) is 35.5 Å². The molecule has 2 nitrogen and oxygen atoms in total. The van der Waals surface area contributed by atoms with Gasteiger partial charge in [-0.3, -0.25) is 0 Å². The minimum atomic E-state index is 0.443. The van der Waals surface area contributed by atoms with Crippen molar-refractivity contribution in [3.63, 3.8) is 0 Å². The quantitative estimate of drug-likeness (QED) is 0.920. The highest BCUT2D eigenvalue weighted by molar-refractivity contribution is 8.00. The highest BCUT2D eigenvalue weighted by atomic mass is 32.2. The minimum absolute atomic E-state index is 0.443. The van der Waals surface area contributed by atoms with E-state index in [4.69, 9.17) is 0 Å². The number of nitrogens with one attached hydrogen (secondary N) is 1. The summed E-state index contributed by atoms with van der Waals surface area (Å²) in [6, 6.07) is 8.68. The van der Waals surface area contributed by atoms with Crippen molar-refractivity contribution in [2.45, 2.75) is 38.0 Å². The van der Waals surface area contributed by atoms with Gasteiger partial charge in [-0.15, -0.1) is 0 Å². The minimum Gasteiger partial charge on any atom is -0.346 e. The Hall–Kier alpha value is -0.930. The summed E-state index contributed by atoms with van der Waals surface area (Å²) in [5.41, 5.74) is 4.17. The van der Waals surface area contributed by atoms with Gasteiger partial charge in [-0.1, -0.05) is 18.2 Å². The van der Waals surface area contributed by atoms with Crippen molar-refractivity contribution >= 4 is 22.7 Å². The van der Waals surface area contributed by atoms with E-state index in [9.17, 15) is 0 Å². The van der Waals surface area contributed by atoms with Crippen molar-refractivity contribution in [1.29, 1.82) is 0 Å². The third-order valence-electron chi connectivity index (χ3n) is 4.60. The van der Waals surface area contributed by atoms with Crippen LogP contribution in [0.3, 0.4) is 0 Å². The lowest BCUT2D eigenvalue weighted by Crippen LogP contribution is -2.33. The van der Waals surface area contributed by atoms with Gasteiger partial charge in [0.05, 0.1) is 0 Å². The fraction of sp³-hybridized carbons (Fsp3) is 0.529. The van der Waals surface area contributed by atoms with Crippen molar-refractivity contribution in [1.82, 2.24) is 9.88 Å². The number of aryl methyl sites for hydroxylation is 2. The van der Waals surface area contributed by atoms with E-state index in [2.05, 4.69) is 66.8 Å². The Morgan fingerprint density at radius 3 is 2.85 bits per heavy atom. The van der Waals surface area contributed by atoms with Crippen molar-refractivity contribution in [2.24, 2.45) is 7.05 Å². The number of hydrogen-bond donors (Lipinski definition) is 1. The molecule has 0 bridgehead atoms. The van der Waals surface area contributed by atoms with E-state index < -0.39 is 0 Å². The Balaban J connectivity index is 1.74. The Bertz CT molecular complexity index is 570.